The maximum Gasteiger partial charge on any atom is 0.248 e. The number of amides is 1. The highest BCUT2D eigenvalue weighted by Crippen LogP contribution is 2.25. The Labute approximate surface area is 117 Å². The normalized spacial score (nSPS) is 19.9. The molecule has 6 heteroatoms. The number of morpholine rings is 1. The van der Waals surface area contributed by atoms with Crippen molar-refractivity contribution in [3.8, 4) is 0 Å². The number of nitrogens with zero attached hydrogens (tertiary/aromatic N) is 1. The summed E-state index contributed by atoms with van der Waals surface area (Å²) in [7, 11) is 0. The fourth-order valence-electron chi connectivity index (χ4n) is 2.12. The van der Waals surface area contributed by atoms with Gasteiger partial charge in [0.2, 0.25) is 5.91 Å². The molecule has 2 N–H and O–H groups in total. The smallest absolute Gasteiger partial charge is 0.248 e. The summed E-state index contributed by atoms with van der Waals surface area (Å²) < 4.78 is 5.37. The summed E-state index contributed by atoms with van der Waals surface area (Å²) in [4.78, 5) is 15.0. The van der Waals surface area contributed by atoms with E-state index in [2.05, 4.69) is 16.3 Å². The van der Waals surface area contributed by atoms with Crippen molar-refractivity contribution in [2.24, 2.45) is 0 Å². The first-order chi connectivity index (χ1) is 9.18. The monoisotopic (exact) mass is 284 g/mol. The van der Waals surface area contributed by atoms with E-state index < -0.39 is 6.10 Å². The Morgan fingerprint density at radius 2 is 2.32 bits per heavy atom. The van der Waals surface area contributed by atoms with Gasteiger partial charge < -0.3 is 15.2 Å². The third-order valence-corrected chi connectivity index (χ3v) is 4.18. The highest BCUT2D eigenvalue weighted by atomic mass is 32.1. The molecule has 2 unspecified atom stereocenters. The number of aliphatic hydroxyl groups excluding tert-OH is 1. The zero-order valence-corrected chi connectivity index (χ0v) is 11.9. The van der Waals surface area contributed by atoms with E-state index in [1.54, 1.807) is 11.3 Å². The van der Waals surface area contributed by atoms with Crippen LogP contribution < -0.4 is 5.32 Å². The number of aliphatic hydroxyl groups is 1. The van der Waals surface area contributed by atoms with Crippen LogP contribution in [-0.4, -0.2) is 54.9 Å². The van der Waals surface area contributed by atoms with Crippen LogP contribution in [0.4, 0.5) is 0 Å². The molecule has 106 valence electrons. The van der Waals surface area contributed by atoms with Gasteiger partial charge in [0.05, 0.1) is 19.3 Å². The van der Waals surface area contributed by atoms with Crippen LogP contribution in [0.2, 0.25) is 0 Å². The fourth-order valence-corrected chi connectivity index (χ4v) is 2.99. The minimum atomic E-state index is -0.964. The Bertz CT molecular complexity index is 389. The zero-order valence-electron chi connectivity index (χ0n) is 11.0. The van der Waals surface area contributed by atoms with Gasteiger partial charge in [-0.1, -0.05) is 6.07 Å². The lowest BCUT2D eigenvalue weighted by atomic mass is 10.2. The molecular weight excluding hydrogens is 264 g/mol. The van der Waals surface area contributed by atoms with Gasteiger partial charge in [0.1, 0.15) is 6.10 Å². The van der Waals surface area contributed by atoms with Gasteiger partial charge >= 0.3 is 0 Å². The zero-order chi connectivity index (χ0) is 13.7. The van der Waals surface area contributed by atoms with Crippen LogP contribution >= 0.6 is 11.3 Å². The molecule has 2 heterocycles. The van der Waals surface area contributed by atoms with Crippen molar-refractivity contribution in [2.75, 3.05) is 32.8 Å². The molecule has 0 aliphatic carbocycles. The number of hydrogen-bond donors (Lipinski definition) is 2. The second-order valence-electron chi connectivity index (χ2n) is 4.60. The number of carbonyl (C=O) groups excluding carboxylic acids is 1. The molecule has 2 atom stereocenters. The molecule has 0 saturated carbocycles. The van der Waals surface area contributed by atoms with Crippen LogP contribution in [-0.2, 0) is 9.53 Å². The highest BCUT2D eigenvalue weighted by molar-refractivity contribution is 7.10. The van der Waals surface area contributed by atoms with E-state index in [4.69, 9.17) is 4.74 Å². The molecule has 1 aliphatic rings. The van der Waals surface area contributed by atoms with E-state index in [1.807, 2.05) is 11.4 Å². The highest BCUT2D eigenvalue weighted by Gasteiger charge is 2.24. The quantitative estimate of drug-likeness (QED) is 0.832. The van der Waals surface area contributed by atoms with Gasteiger partial charge in [0.15, 0.2) is 0 Å². The van der Waals surface area contributed by atoms with Crippen LogP contribution in [0, 0.1) is 0 Å². The maximum atomic E-state index is 11.5. The number of carbonyl (C=O) groups is 1. The standard InChI is InChI=1S/C13H20N2O3S/c1-10(16)13(17)14-9-11(12-3-2-8-19-12)15-4-6-18-7-5-15/h2-3,8,10-11,16H,4-7,9H2,1H3,(H,14,17). The molecule has 1 fully saturated rings. The molecular formula is C13H20N2O3S. The van der Waals surface area contributed by atoms with Gasteiger partial charge in [-0.15, -0.1) is 11.3 Å². The topological polar surface area (TPSA) is 61.8 Å². The Kier molecular flexibility index (Phi) is 5.33. The van der Waals surface area contributed by atoms with Gasteiger partial charge in [-0.05, 0) is 18.4 Å². The van der Waals surface area contributed by atoms with Crippen LogP contribution in [0.5, 0.6) is 0 Å². The second kappa shape index (κ2) is 7.00. The summed E-state index contributed by atoms with van der Waals surface area (Å²) >= 11 is 1.69. The molecule has 0 radical (unpaired) electrons. The molecule has 19 heavy (non-hydrogen) atoms. The Hall–Kier alpha value is -0.950. The van der Waals surface area contributed by atoms with Crippen molar-refractivity contribution in [1.29, 1.82) is 0 Å². The van der Waals surface area contributed by atoms with Gasteiger partial charge in [-0.2, -0.15) is 0 Å². The number of ether oxygens (including phenoxy) is 1. The SMILES string of the molecule is CC(O)C(=O)NCC(c1cccs1)N1CCOCC1. The molecule has 1 saturated heterocycles. The Balaban J connectivity index is 2.00. The summed E-state index contributed by atoms with van der Waals surface area (Å²) in [6, 6.07) is 4.26. The van der Waals surface area contributed by atoms with E-state index in [0.29, 0.717) is 6.54 Å². The third kappa shape index (κ3) is 4.01. The molecule has 0 bridgehead atoms. The number of nitrogens with one attached hydrogen (secondary N) is 1. The number of hydrogen-bond acceptors (Lipinski definition) is 5. The number of thiophene rings is 1. The lowest BCUT2D eigenvalue weighted by Crippen LogP contribution is -2.44. The fraction of sp³-hybridized carbons (Fsp3) is 0.615. The minimum absolute atomic E-state index is 0.159. The molecule has 1 aromatic heterocycles. The average Bonchev–Trinajstić information content (AvgIpc) is 2.94. The van der Waals surface area contributed by atoms with Crippen molar-refractivity contribution >= 4 is 17.2 Å². The predicted molar refractivity (Wildman–Crippen MR) is 74.1 cm³/mol. The van der Waals surface area contributed by atoms with Crippen LogP contribution in [0.15, 0.2) is 17.5 Å². The average molecular weight is 284 g/mol. The lowest BCUT2D eigenvalue weighted by Gasteiger charge is -2.34. The van der Waals surface area contributed by atoms with Gasteiger partial charge in [-0.3, -0.25) is 9.69 Å². The predicted octanol–water partition coefficient (Wildman–Crippen LogP) is 0.618. The van der Waals surface area contributed by atoms with Crippen molar-refractivity contribution in [3.05, 3.63) is 22.4 Å². The van der Waals surface area contributed by atoms with Crippen LogP contribution in [0.1, 0.15) is 17.8 Å². The van der Waals surface area contributed by atoms with Gasteiger partial charge in [0.25, 0.3) is 0 Å². The molecule has 1 aromatic rings. The minimum Gasteiger partial charge on any atom is -0.384 e. The Morgan fingerprint density at radius 3 is 2.89 bits per heavy atom. The Morgan fingerprint density at radius 1 is 1.58 bits per heavy atom. The van der Waals surface area contributed by atoms with Crippen LogP contribution in [0.25, 0.3) is 0 Å². The van der Waals surface area contributed by atoms with Crippen molar-refractivity contribution in [3.63, 3.8) is 0 Å². The molecule has 0 spiro atoms. The maximum absolute atomic E-state index is 11.5. The molecule has 0 aromatic carbocycles. The van der Waals surface area contributed by atoms with Gasteiger partial charge in [-0.25, -0.2) is 0 Å². The van der Waals surface area contributed by atoms with E-state index in [9.17, 15) is 9.90 Å². The van der Waals surface area contributed by atoms with E-state index in [-0.39, 0.29) is 11.9 Å². The summed E-state index contributed by atoms with van der Waals surface area (Å²) in [5.74, 6) is -0.324. The van der Waals surface area contributed by atoms with E-state index in [0.717, 1.165) is 26.3 Å². The van der Waals surface area contributed by atoms with Crippen LogP contribution in [0.3, 0.4) is 0 Å². The van der Waals surface area contributed by atoms with E-state index >= 15 is 0 Å². The first-order valence-electron chi connectivity index (χ1n) is 6.49. The summed E-state index contributed by atoms with van der Waals surface area (Å²) in [5, 5.41) is 14.1. The van der Waals surface area contributed by atoms with Gasteiger partial charge in [0, 0.05) is 24.5 Å². The van der Waals surface area contributed by atoms with Crippen molar-refractivity contribution in [1.82, 2.24) is 10.2 Å². The van der Waals surface area contributed by atoms with E-state index in [1.165, 1.54) is 11.8 Å². The molecule has 1 amide bonds. The lowest BCUT2D eigenvalue weighted by molar-refractivity contribution is -0.128. The third-order valence-electron chi connectivity index (χ3n) is 3.21. The molecule has 2 rings (SSSR count). The molecule has 5 nitrogen and oxygen atoms in total. The van der Waals surface area contributed by atoms with Crippen molar-refractivity contribution < 1.29 is 14.6 Å². The second-order valence-corrected chi connectivity index (χ2v) is 5.58. The first kappa shape index (κ1) is 14.5. The van der Waals surface area contributed by atoms with Crippen molar-refractivity contribution in [2.45, 2.75) is 19.1 Å². The number of rotatable bonds is 5. The summed E-state index contributed by atoms with van der Waals surface area (Å²) in [6.07, 6.45) is -0.964. The summed E-state index contributed by atoms with van der Waals surface area (Å²) in [6.45, 7) is 5.19. The largest absolute Gasteiger partial charge is 0.384 e. The first-order valence-corrected chi connectivity index (χ1v) is 7.37. The molecule has 1 aliphatic heterocycles. The summed E-state index contributed by atoms with van der Waals surface area (Å²) in [5.41, 5.74) is 0.